The zero-order valence-electron chi connectivity index (χ0n) is 10.7. The van der Waals surface area contributed by atoms with Crippen molar-refractivity contribution in [3.8, 4) is 5.75 Å². The Hall–Kier alpha value is -0.630. The van der Waals surface area contributed by atoms with Crippen molar-refractivity contribution in [2.24, 2.45) is 0 Å². The number of phenols is 1. The first-order valence-electron chi connectivity index (χ1n) is 6.71. The molecule has 0 fully saturated rings. The Morgan fingerprint density at radius 1 is 1.00 bits per heavy atom. The zero-order chi connectivity index (χ0) is 12.5. The molecule has 96 valence electrons. The number of thiol groups is 1. The van der Waals surface area contributed by atoms with Gasteiger partial charge >= 0.3 is 0 Å². The minimum Gasteiger partial charge on any atom is -0.508 e. The van der Waals surface area contributed by atoms with Gasteiger partial charge < -0.3 is 5.11 Å². The molecule has 0 saturated heterocycles. The molecule has 1 N–H and O–H groups in total. The molecule has 0 aromatic heterocycles. The number of rotatable bonds is 8. The number of unbranched alkanes of at least 4 members (excludes halogenated alkanes) is 5. The molecule has 0 aliphatic carbocycles. The van der Waals surface area contributed by atoms with Crippen LogP contribution >= 0.6 is 12.6 Å². The Balaban J connectivity index is 2.16. The van der Waals surface area contributed by atoms with Crippen LogP contribution in [0.3, 0.4) is 0 Å². The van der Waals surface area contributed by atoms with Gasteiger partial charge in [-0.1, -0.05) is 57.6 Å². The fourth-order valence-corrected chi connectivity index (χ4v) is 2.34. The van der Waals surface area contributed by atoms with Crippen molar-refractivity contribution in [1.29, 1.82) is 0 Å². The minimum absolute atomic E-state index is 0.307. The second-order valence-electron chi connectivity index (χ2n) is 4.66. The highest BCUT2D eigenvalue weighted by Gasteiger charge is 2.05. The van der Waals surface area contributed by atoms with Gasteiger partial charge in [-0.15, -0.1) is 0 Å². The highest BCUT2D eigenvalue weighted by atomic mass is 32.1. The lowest BCUT2D eigenvalue weighted by Gasteiger charge is -2.10. The van der Waals surface area contributed by atoms with Gasteiger partial charge in [-0.25, -0.2) is 0 Å². The summed E-state index contributed by atoms with van der Waals surface area (Å²) in [5, 5.41) is 9.52. The van der Waals surface area contributed by atoms with Gasteiger partial charge in [0.25, 0.3) is 0 Å². The van der Waals surface area contributed by atoms with Crippen LogP contribution in [0.25, 0.3) is 0 Å². The number of hydrogen-bond acceptors (Lipinski definition) is 2. The lowest BCUT2D eigenvalue weighted by atomic mass is 10.0. The van der Waals surface area contributed by atoms with Crippen LogP contribution in [0.2, 0.25) is 0 Å². The van der Waals surface area contributed by atoms with Crippen LogP contribution in [0.5, 0.6) is 5.75 Å². The third-order valence-corrected chi connectivity index (χ3v) is 3.67. The molecule has 0 aliphatic heterocycles. The Morgan fingerprint density at radius 3 is 2.24 bits per heavy atom. The van der Waals surface area contributed by atoms with Gasteiger partial charge in [0.1, 0.15) is 5.75 Å². The van der Waals surface area contributed by atoms with E-state index in [9.17, 15) is 5.11 Å². The van der Waals surface area contributed by atoms with Gasteiger partial charge in [0.2, 0.25) is 0 Å². The Kier molecular flexibility index (Phi) is 7.18. The third kappa shape index (κ3) is 6.02. The third-order valence-electron chi connectivity index (χ3n) is 3.11. The molecule has 0 bridgehead atoms. The van der Waals surface area contributed by atoms with Gasteiger partial charge in [-0.2, -0.15) is 12.6 Å². The molecule has 1 rings (SSSR count). The summed E-state index contributed by atoms with van der Waals surface area (Å²) in [4.78, 5) is 0. The van der Waals surface area contributed by atoms with Crippen molar-refractivity contribution in [2.45, 2.75) is 57.1 Å². The van der Waals surface area contributed by atoms with E-state index >= 15 is 0 Å². The normalized spacial score (nSPS) is 12.6. The fraction of sp³-hybridized carbons (Fsp3) is 0.600. The van der Waals surface area contributed by atoms with E-state index in [1.54, 1.807) is 12.1 Å². The van der Waals surface area contributed by atoms with Crippen molar-refractivity contribution >= 4 is 12.6 Å². The summed E-state index contributed by atoms with van der Waals surface area (Å²) in [7, 11) is 0. The van der Waals surface area contributed by atoms with Crippen LogP contribution in [-0.4, -0.2) is 5.11 Å². The molecule has 2 heteroatoms. The van der Waals surface area contributed by atoms with Crippen LogP contribution in [0.4, 0.5) is 0 Å². The van der Waals surface area contributed by atoms with Gasteiger partial charge in [-0.05, 0) is 24.1 Å². The van der Waals surface area contributed by atoms with E-state index < -0.39 is 0 Å². The highest BCUT2D eigenvalue weighted by Crippen LogP contribution is 2.27. The molecule has 1 atom stereocenters. The van der Waals surface area contributed by atoms with Crippen molar-refractivity contribution in [3.05, 3.63) is 29.8 Å². The topological polar surface area (TPSA) is 20.2 Å². The molecule has 0 spiro atoms. The van der Waals surface area contributed by atoms with E-state index in [4.69, 9.17) is 0 Å². The van der Waals surface area contributed by atoms with Crippen molar-refractivity contribution in [1.82, 2.24) is 0 Å². The molecule has 1 aromatic rings. The maximum Gasteiger partial charge on any atom is 0.115 e. The van der Waals surface area contributed by atoms with E-state index in [1.165, 1.54) is 44.1 Å². The molecule has 17 heavy (non-hydrogen) atoms. The molecule has 0 heterocycles. The van der Waals surface area contributed by atoms with Gasteiger partial charge in [0.05, 0.1) is 0 Å². The predicted molar refractivity (Wildman–Crippen MR) is 77.8 cm³/mol. The molecule has 0 amide bonds. The van der Waals surface area contributed by atoms with E-state index in [0.29, 0.717) is 11.0 Å². The van der Waals surface area contributed by atoms with Crippen LogP contribution in [0.15, 0.2) is 24.3 Å². The number of phenolic OH excluding ortho intramolecular Hbond substituents is 1. The van der Waals surface area contributed by atoms with Crippen LogP contribution in [-0.2, 0) is 0 Å². The monoisotopic (exact) mass is 252 g/mol. The van der Waals surface area contributed by atoms with Crippen molar-refractivity contribution in [2.75, 3.05) is 0 Å². The summed E-state index contributed by atoms with van der Waals surface area (Å²) in [5.74, 6) is 0.328. The SMILES string of the molecule is CCCCCCCCC(S)c1ccc(O)cc1. The number of benzene rings is 1. The summed E-state index contributed by atoms with van der Waals surface area (Å²) in [6.07, 6.45) is 9.08. The standard InChI is InChI=1S/C15H24OS/c1-2-3-4-5-6-7-8-15(17)13-9-11-14(16)12-10-13/h9-12,15-17H,2-8H2,1H3. The predicted octanol–water partition coefficient (Wildman–Crippen LogP) is 5.11. The molecule has 0 aliphatic rings. The summed E-state index contributed by atoms with van der Waals surface area (Å²) < 4.78 is 0. The van der Waals surface area contributed by atoms with E-state index in [2.05, 4.69) is 19.6 Å². The van der Waals surface area contributed by atoms with Crippen molar-refractivity contribution < 1.29 is 5.11 Å². The van der Waals surface area contributed by atoms with Gasteiger partial charge in [-0.3, -0.25) is 0 Å². The summed E-state index contributed by atoms with van der Waals surface area (Å²) in [6.45, 7) is 2.24. The smallest absolute Gasteiger partial charge is 0.115 e. The summed E-state index contributed by atoms with van der Waals surface area (Å²) in [6, 6.07) is 7.40. The maximum atomic E-state index is 9.21. The van der Waals surface area contributed by atoms with Crippen LogP contribution < -0.4 is 0 Å². The first kappa shape index (κ1) is 14.4. The quantitative estimate of drug-likeness (QED) is 0.486. The molecule has 1 nitrogen and oxygen atoms in total. The fourth-order valence-electron chi connectivity index (χ4n) is 1.98. The largest absolute Gasteiger partial charge is 0.508 e. The lowest BCUT2D eigenvalue weighted by molar-refractivity contribution is 0.475. The average molecular weight is 252 g/mol. The molecular formula is C15H24OS. The summed E-state index contributed by atoms with van der Waals surface area (Å²) >= 11 is 4.62. The van der Waals surface area contributed by atoms with Gasteiger partial charge in [0, 0.05) is 5.25 Å². The second kappa shape index (κ2) is 8.46. The molecule has 1 aromatic carbocycles. The Bertz CT molecular complexity index is 294. The molecular weight excluding hydrogens is 228 g/mol. The second-order valence-corrected chi connectivity index (χ2v) is 5.29. The summed E-state index contributed by atoms with van der Waals surface area (Å²) in [5.41, 5.74) is 1.21. The number of hydrogen-bond donors (Lipinski definition) is 2. The Morgan fingerprint density at radius 2 is 1.59 bits per heavy atom. The zero-order valence-corrected chi connectivity index (χ0v) is 11.6. The first-order valence-corrected chi connectivity index (χ1v) is 7.22. The minimum atomic E-state index is 0.307. The van der Waals surface area contributed by atoms with Crippen LogP contribution in [0.1, 0.15) is 62.7 Å². The molecule has 0 radical (unpaired) electrons. The number of aromatic hydroxyl groups is 1. The van der Waals surface area contributed by atoms with E-state index in [-0.39, 0.29) is 0 Å². The van der Waals surface area contributed by atoms with Crippen LogP contribution in [0, 0.1) is 0 Å². The van der Waals surface area contributed by atoms with E-state index in [0.717, 1.165) is 6.42 Å². The van der Waals surface area contributed by atoms with Crippen molar-refractivity contribution in [3.63, 3.8) is 0 Å². The molecule has 1 unspecified atom stereocenters. The van der Waals surface area contributed by atoms with E-state index in [1.807, 2.05) is 12.1 Å². The molecule has 0 saturated carbocycles. The highest BCUT2D eigenvalue weighted by molar-refractivity contribution is 7.80. The average Bonchev–Trinajstić information content (AvgIpc) is 2.34. The Labute approximate surface area is 111 Å². The first-order chi connectivity index (χ1) is 8.24. The van der Waals surface area contributed by atoms with Gasteiger partial charge in [0.15, 0.2) is 0 Å². The maximum absolute atomic E-state index is 9.21. The lowest BCUT2D eigenvalue weighted by Crippen LogP contribution is -1.90.